The van der Waals surface area contributed by atoms with E-state index in [9.17, 15) is 22.8 Å². The molecule has 0 bridgehead atoms. The van der Waals surface area contributed by atoms with Crippen LogP contribution in [0.25, 0.3) is 0 Å². The van der Waals surface area contributed by atoms with Crippen LogP contribution in [0.15, 0.2) is 42.5 Å². The summed E-state index contributed by atoms with van der Waals surface area (Å²) in [5.74, 6) is -3.19. The van der Waals surface area contributed by atoms with Gasteiger partial charge in [-0.3, -0.25) is 4.79 Å². The molecule has 1 amide bonds. The van der Waals surface area contributed by atoms with Crippen LogP contribution in [0.2, 0.25) is 0 Å². The van der Waals surface area contributed by atoms with Crippen molar-refractivity contribution >= 4 is 17.7 Å². The average Bonchev–Trinajstić information content (AvgIpc) is 2.65. The van der Waals surface area contributed by atoms with Gasteiger partial charge in [0, 0.05) is 5.69 Å². The van der Waals surface area contributed by atoms with Crippen LogP contribution in [-0.4, -0.2) is 42.9 Å². The second kappa shape index (κ2) is 8.15. The van der Waals surface area contributed by atoms with Crippen LogP contribution >= 0.6 is 0 Å². The number of carbonyl (C=O) groups is 2. The van der Waals surface area contributed by atoms with Crippen molar-refractivity contribution in [2.45, 2.75) is 18.8 Å². The molecule has 0 radical (unpaired) electrons. The summed E-state index contributed by atoms with van der Waals surface area (Å²) in [5.41, 5.74) is -3.36. The summed E-state index contributed by atoms with van der Waals surface area (Å²) in [6.07, 6.45) is -5.26. The normalized spacial score (nSPS) is 13.2. The third-order valence-corrected chi connectivity index (χ3v) is 3.77. The summed E-state index contributed by atoms with van der Waals surface area (Å²) in [5, 5.41) is 3.69. The Morgan fingerprint density at radius 2 is 1.71 bits per heavy atom. The van der Waals surface area contributed by atoms with E-state index in [1.807, 2.05) is 5.32 Å². The molecular weight excluding hydrogens is 379 g/mol. The SMILES string of the molecule is COC(=O)[C@@](NC(=O)c1ccccc1OC)(Nc1cccc(C)n1)C(F)(F)F. The van der Waals surface area contributed by atoms with E-state index in [4.69, 9.17) is 4.74 Å². The molecule has 0 saturated heterocycles. The van der Waals surface area contributed by atoms with Gasteiger partial charge in [-0.15, -0.1) is 0 Å². The minimum Gasteiger partial charge on any atom is -0.496 e. The quantitative estimate of drug-likeness (QED) is 0.576. The van der Waals surface area contributed by atoms with E-state index in [0.29, 0.717) is 5.69 Å². The summed E-state index contributed by atoms with van der Waals surface area (Å²) in [4.78, 5) is 28.7. The third-order valence-electron chi connectivity index (χ3n) is 3.77. The molecule has 2 N–H and O–H groups in total. The summed E-state index contributed by atoms with van der Waals surface area (Å²) >= 11 is 0. The number of anilines is 1. The average molecular weight is 397 g/mol. The number of methoxy groups -OCH3 is 2. The zero-order valence-corrected chi connectivity index (χ0v) is 15.3. The number of nitrogens with one attached hydrogen (secondary N) is 2. The first kappa shape index (κ1) is 21.0. The molecule has 2 rings (SSSR count). The minimum absolute atomic E-state index is 0.0367. The standard InChI is InChI=1S/C18H18F3N3O4/c1-11-7-6-10-14(22-11)23-17(16(26)28-3,18(19,20)21)24-15(25)12-8-4-5-9-13(12)27-2/h4-10H,1-3H3,(H,22,23)(H,24,25)/t17-/m0/s1. The van der Waals surface area contributed by atoms with Gasteiger partial charge in [-0.25, -0.2) is 9.78 Å². The molecule has 1 aromatic carbocycles. The zero-order chi connectivity index (χ0) is 20.9. The van der Waals surface area contributed by atoms with Crippen molar-refractivity contribution in [1.82, 2.24) is 10.3 Å². The minimum atomic E-state index is -5.26. The first-order chi connectivity index (χ1) is 13.1. The molecule has 7 nitrogen and oxygen atoms in total. The number of esters is 1. The molecule has 0 saturated carbocycles. The first-order valence-electron chi connectivity index (χ1n) is 7.97. The number of pyridine rings is 1. The highest BCUT2D eigenvalue weighted by molar-refractivity contribution is 6.01. The Morgan fingerprint density at radius 3 is 2.29 bits per heavy atom. The van der Waals surface area contributed by atoms with E-state index in [1.54, 1.807) is 24.4 Å². The molecule has 0 aliphatic rings. The number of benzene rings is 1. The van der Waals surface area contributed by atoms with E-state index in [2.05, 4.69) is 9.72 Å². The maximum absolute atomic E-state index is 14.0. The lowest BCUT2D eigenvalue weighted by atomic mass is 10.1. The van der Waals surface area contributed by atoms with Gasteiger partial charge in [-0.1, -0.05) is 18.2 Å². The fourth-order valence-electron chi connectivity index (χ4n) is 2.42. The van der Waals surface area contributed by atoms with Gasteiger partial charge in [0.1, 0.15) is 11.6 Å². The van der Waals surface area contributed by atoms with Gasteiger partial charge in [0.15, 0.2) is 0 Å². The molecule has 1 atom stereocenters. The van der Waals surface area contributed by atoms with Crippen molar-refractivity contribution in [1.29, 1.82) is 0 Å². The van der Waals surface area contributed by atoms with Gasteiger partial charge < -0.3 is 20.1 Å². The molecule has 150 valence electrons. The molecule has 0 aliphatic carbocycles. The van der Waals surface area contributed by atoms with Crippen molar-refractivity contribution in [3.05, 3.63) is 53.7 Å². The van der Waals surface area contributed by atoms with Crippen LogP contribution in [0.1, 0.15) is 16.1 Å². The van der Waals surface area contributed by atoms with Crippen LogP contribution in [0.3, 0.4) is 0 Å². The number of carbonyl (C=O) groups excluding carboxylic acids is 2. The van der Waals surface area contributed by atoms with E-state index in [0.717, 1.165) is 7.11 Å². The Labute approximate surface area is 158 Å². The van der Waals surface area contributed by atoms with E-state index in [-0.39, 0.29) is 17.1 Å². The van der Waals surface area contributed by atoms with Gasteiger partial charge in [-0.2, -0.15) is 13.2 Å². The molecule has 1 aromatic heterocycles. The van der Waals surface area contributed by atoms with Crippen molar-refractivity contribution in [3.63, 3.8) is 0 Å². The maximum Gasteiger partial charge on any atom is 0.441 e. The number of alkyl halides is 3. The highest BCUT2D eigenvalue weighted by Gasteiger charge is 2.63. The summed E-state index contributed by atoms with van der Waals surface area (Å²) in [7, 11) is 2.04. The maximum atomic E-state index is 14.0. The van der Waals surface area contributed by atoms with Crippen LogP contribution in [0.4, 0.5) is 19.0 Å². The monoisotopic (exact) mass is 397 g/mol. The van der Waals surface area contributed by atoms with Gasteiger partial charge in [0.05, 0.1) is 19.8 Å². The summed E-state index contributed by atoms with van der Waals surface area (Å²) < 4.78 is 51.4. The lowest BCUT2D eigenvalue weighted by Gasteiger charge is -2.34. The first-order valence-corrected chi connectivity index (χ1v) is 7.97. The van der Waals surface area contributed by atoms with Crippen LogP contribution < -0.4 is 15.4 Å². The Kier molecular flexibility index (Phi) is 6.12. The van der Waals surface area contributed by atoms with Crippen LogP contribution in [0, 0.1) is 6.92 Å². The predicted octanol–water partition coefficient (Wildman–Crippen LogP) is 2.67. The molecule has 10 heteroatoms. The van der Waals surface area contributed by atoms with Crippen LogP contribution in [0.5, 0.6) is 5.75 Å². The van der Waals surface area contributed by atoms with Gasteiger partial charge in [0.2, 0.25) is 0 Å². The zero-order valence-electron chi connectivity index (χ0n) is 15.3. The van der Waals surface area contributed by atoms with Crippen molar-refractivity contribution in [3.8, 4) is 5.75 Å². The largest absolute Gasteiger partial charge is 0.496 e. The summed E-state index contributed by atoms with van der Waals surface area (Å²) in [6, 6.07) is 9.89. The number of amides is 1. The van der Waals surface area contributed by atoms with Crippen molar-refractivity contribution in [2.75, 3.05) is 19.5 Å². The Bertz CT molecular complexity index is 873. The topological polar surface area (TPSA) is 89.5 Å². The highest BCUT2D eigenvalue weighted by atomic mass is 19.4. The highest BCUT2D eigenvalue weighted by Crippen LogP contribution is 2.33. The van der Waals surface area contributed by atoms with Crippen LogP contribution in [-0.2, 0) is 9.53 Å². The third kappa shape index (κ3) is 4.16. The van der Waals surface area contributed by atoms with E-state index in [1.165, 1.54) is 37.4 Å². The number of nitrogens with zero attached hydrogens (tertiary/aromatic N) is 1. The second-order valence-electron chi connectivity index (χ2n) is 5.68. The lowest BCUT2D eigenvalue weighted by molar-refractivity contribution is -0.203. The smallest absolute Gasteiger partial charge is 0.441 e. The molecule has 0 spiro atoms. The molecule has 28 heavy (non-hydrogen) atoms. The second-order valence-corrected chi connectivity index (χ2v) is 5.68. The van der Waals surface area contributed by atoms with Gasteiger partial charge in [0.25, 0.3) is 5.91 Å². The van der Waals surface area contributed by atoms with E-state index >= 15 is 0 Å². The molecule has 1 heterocycles. The molecule has 0 unspecified atom stereocenters. The Hall–Kier alpha value is -3.30. The molecule has 2 aromatic rings. The van der Waals surface area contributed by atoms with Crippen molar-refractivity contribution < 1.29 is 32.2 Å². The predicted molar refractivity (Wildman–Crippen MR) is 93.9 cm³/mol. The van der Waals surface area contributed by atoms with E-state index < -0.39 is 23.7 Å². The number of rotatable bonds is 6. The van der Waals surface area contributed by atoms with Gasteiger partial charge >= 0.3 is 17.8 Å². The van der Waals surface area contributed by atoms with Crippen molar-refractivity contribution in [2.24, 2.45) is 0 Å². The lowest BCUT2D eigenvalue weighted by Crippen LogP contribution is -2.69. The Morgan fingerprint density at radius 1 is 1.04 bits per heavy atom. The summed E-state index contributed by atoms with van der Waals surface area (Å²) in [6.45, 7) is 1.56. The fraction of sp³-hybridized carbons (Fsp3) is 0.278. The Balaban J connectivity index is 2.53. The number of aromatic nitrogens is 1. The molecule has 0 fully saturated rings. The molecule has 0 aliphatic heterocycles. The number of hydrogen-bond acceptors (Lipinski definition) is 6. The number of halogens is 3. The fourth-order valence-corrected chi connectivity index (χ4v) is 2.42. The number of para-hydroxylation sites is 1. The van der Waals surface area contributed by atoms with Gasteiger partial charge in [-0.05, 0) is 31.2 Å². The number of ether oxygens (including phenoxy) is 2. The number of aryl methyl sites for hydroxylation is 1. The molecular formula is C18H18F3N3O4. The number of hydrogen-bond donors (Lipinski definition) is 2.